The number of hydrogen-bond donors (Lipinski definition) is 1. The van der Waals surface area contributed by atoms with Crippen molar-refractivity contribution in [2.75, 3.05) is 126 Å². The summed E-state index contributed by atoms with van der Waals surface area (Å²) >= 11 is 0. The van der Waals surface area contributed by atoms with Crippen molar-refractivity contribution in [2.45, 2.75) is 90.1 Å². The Labute approximate surface area is 389 Å². The lowest BCUT2D eigenvalue weighted by molar-refractivity contribution is -0.139. The number of carbonyl (C=O) groups is 1. The first-order valence-corrected chi connectivity index (χ1v) is 24.3. The molecule has 370 valence electrons. The van der Waals surface area contributed by atoms with E-state index in [2.05, 4.69) is 4.98 Å². The molecule has 66 heavy (non-hydrogen) atoms. The van der Waals surface area contributed by atoms with Gasteiger partial charge in [-0.1, -0.05) is 88.5 Å². The van der Waals surface area contributed by atoms with Gasteiger partial charge in [-0.25, -0.2) is 14.6 Å². The molecule has 2 fully saturated rings. The molecule has 2 heterocycles. The fourth-order valence-corrected chi connectivity index (χ4v) is 8.23. The minimum atomic E-state index is -0.477. The van der Waals surface area contributed by atoms with E-state index in [4.69, 9.17) is 52.4 Å². The molecule has 2 saturated carbocycles. The average molecular weight is 929 g/mol. The van der Waals surface area contributed by atoms with Gasteiger partial charge in [0, 0.05) is 31.8 Å². The van der Waals surface area contributed by atoms with Gasteiger partial charge < -0.3 is 52.4 Å². The first-order valence-electron chi connectivity index (χ1n) is 24.3. The third-order valence-electron chi connectivity index (χ3n) is 11.9. The minimum Gasteiger partial charge on any atom is -0.460 e. The lowest BCUT2D eigenvalue weighted by atomic mass is 9.87. The van der Waals surface area contributed by atoms with Crippen molar-refractivity contribution in [1.82, 2.24) is 19.1 Å². The summed E-state index contributed by atoms with van der Waals surface area (Å²) in [5, 5.41) is 0. The molecule has 0 saturated heterocycles. The summed E-state index contributed by atoms with van der Waals surface area (Å²) in [6, 6.07) is 7.50. The monoisotopic (exact) mass is 929 g/mol. The molecule has 0 unspecified atom stereocenters. The van der Waals surface area contributed by atoms with Crippen LogP contribution in [0.3, 0.4) is 0 Å². The largest absolute Gasteiger partial charge is 0.460 e. The molecule has 2 aliphatic carbocycles. The van der Waals surface area contributed by atoms with E-state index in [0.717, 1.165) is 24.0 Å². The minimum absolute atomic E-state index is 0.118. The molecule has 17 heteroatoms. The number of imidazole rings is 1. The fourth-order valence-electron chi connectivity index (χ4n) is 8.23. The highest BCUT2D eigenvalue weighted by Crippen LogP contribution is 2.28. The van der Waals surface area contributed by atoms with Crippen LogP contribution in [0.15, 0.2) is 39.9 Å². The van der Waals surface area contributed by atoms with Gasteiger partial charge in [-0.2, -0.15) is 0 Å². The lowest BCUT2D eigenvalue weighted by Crippen LogP contribution is -2.41. The summed E-state index contributed by atoms with van der Waals surface area (Å²) in [6.07, 6.45) is 17.0. The standard InChI is InChI=1S/C49H76N4O13/c1-57-22-23-58-24-25-59-26-27-60-28-29-61-30-31-62-32-33-63-34-35-64-36-37-65-38-39-66-44(54)17-14-42-12-15-43(16-13-42)46-50-45-47(51-46)52(20-18-40-8-4-2-5-9-40)49(56)53(48(45)55)21-19-41-10-6-3-7-11-41/h12-17,40-41H,2-11,18-39H2,1H3,(H,50,51). The second kappa shape index (κ2) is 32.8. The van der Waals surface area contributed by atoms with E-state index in [1.54, 1.807) is 17.8 Å². The van der Waals surface area contributed by atoms with Crippen LogP contribution in [-0.4, -0.2) is 151 Å². The fraction of sp³-hybridized carbons (Fsp3) is 0.714. The maximum atomic E-state index is 13.9. The van der Waals surface area contributed by atoms with Gasteiger partial charge in [0.2, 0.25) is 0 Å². The zero-order valence-electron chi connectivity index (χ0n) is 39.4. The molecule has 2 aliphatic rings. The van der Waals surface area contributed by atoms with Crippen molar-refractivity contribution in [3.05, 3.63) is 56.7 Å². The average Bonchev–Trinajstić information content (AvgIpc) is 3.79. The summed E-state index contributed by atoms with van der Waals surface area (Å²) in [7, 11) is 1.64. The van der Waals surface area contributed by atoms with E-state index in [1.165, 1.54) is 74.9 Å². The summed E-state index contributed by atoms with van der Waals surface area (Å²) < 4.78 is 57.1. The third kappa shape index (κ3) is 20.2. The molecular formula is C49H76N4O13. The van der Waals surface area contributed by atoms with Gasteiger partial charge in [0.1, 0.15) is 17.9 Å². The van der Waals surface area contributed by atoms with E-state index in [-0.39, 0.29) is 24.5 Å². The highest BCUT2D eigenvalue weighted by atomic mass is 16.6. The molecule has 17 nitrogen and oxygen atoms in total. The Bertz CT molecular complexity index is 1900. The number of aromatic nitrogens is 4. The number of aromatic amines is 1. The Morgan fingerprint density at radius 1 is 0.591 bits per heavy atom. The van der Waals surface area contributed by atoms with Crippen LogP contribution in [0.4, 0.5) is 0 Å². The number of methoxy groups -OCH3 is 1. The number of benzene rings is 1. The van der Waals surface area contributed by atoms with E-state index in [9.17, 15) is 14.4 Å². The van der Waals surface area contributed by atoms with Crippen molar-refractivity contribution in [3.8, 4) is 11.4 Å². The maximum Gasteiger partial charge on any atom is 0.332 e. The molecule has 0 radical (unpaired) electrons. The van der Waals surface area contributed by atoms with E-state index in [0.29, 0.717) is 148 Å². The van der Waals surface area contributed by atoms with Gasteiger partial charge in [-0.05, 0) is 36.3 Å². The Balaban J connectivity index is 0.898. The van der Waals surface area contributed by atoms with Gasteiger partial charge in [0.15, 0.2) is 5.65 Å². The van der Waals surface area contributed by atoms with Crippen molar-refractivity contribution in [3.63, 3.8) is 0 Å². The van der Waals surface area contributed by atoms with E-state index < -0.39 is 5.97 Å². The van der Waals surface area contributed by atoms with Crippen LogP contribution in [0.5, 0.6) is 0 Å². The number of carbonyl (C=O) groups excluding carboxylic acids is 1. The zero-order valence-corrected chi connectivity index (χ0v) is 39.4. The number of esters is 1. The number of rotatable bonds is 36. The number of H-pyrrole nitrogens is 1. The van der Waals surface area contributed by atoms with Crippen molar-refractivity contribution in [2.24, 2.45) is 11.8 Å². The van der Waals surface area contributed by atoms with Crippen LogP contribution in [0, 0.1) is 11.8 Å². The lowest BCUT2D eigenvalue weighted by Gasteiger charge is -2.23. The molecule has 5 rings (SSSR count). The van der Waals surface area contributed by atoms with Crippen molar-refractivity contribution < 1.29 is 52.2 Å². The van der Waals surface area contributed by atoms with Gasteiger partial charge in [0.25, 0.3) is 5.56 Å². The Hall–Kier alpha value is -3.78. The maximum absolute atomic E-state index is 13.9. The highest BCUT2D eigenvalue weighted by Gasteiger charge is 2.22. The van der Waals surface area contributed by atoms with Crippen LogP contribution < -0.4 is 11.2 Å². The zero-order chi connectivity index (χ0) is 46.3. The van der Waals surface area contributed by atoms with Crippen LogP contribution in [0.2, 0.25) is 0 Å². The molecule has 0 atom stereocenters. The Morgan fingerprint density at radius 2 is 1.02 bits per heavy atom. The quantitative estimate of drug-likeness (QED) is 0.0418. The van der Waals surface area contributed by atoms with Gasteiger partial charge >= 0.3 is 11.7 Å². The second-order valence-corrected chi connectivity index (χ2v) is 16.8. The summed E-state index contributed by atoms with van der Waals surface area (Å²) in [5.41, 5.74) is 1.80. The second-order valence-electron chi connectivity index (χ2n) is 16.8. The van der Waals surface area contributed by atoms with Crippen molar-refractivity contribution in [1.29, 1.82) is 0 Å². The summed E-state index contributed by atoms with van der Waals surface area (Å²) in [5.74, 6) is 1.20. The van der Waals surface area contributed by atoms with E-state index >= 15 is 0 Å². The molecule has 0 aliphatic heterocycles. The van der Waals surface area contributed by atoms with E-state index in [1.807, 2.05) is 24.3 Å². The van der Waals surface area contributed by atoms with Crippen LogP contribution >= 0.6 is 0 Å². The molecule has 2 aromatic heterocycles. The normalized spacial score (nSPS) is 15.1. The van der Waals surface area contributed by atoms with Gasteiger partial charge in [0.05, 0.1) is 112 Å². The number of aryl methyl sites for hydroxylation is 1. The van der Waals surface area contributed by atoms with Gasteiger partial charge in [-0.15, -0.1) is 0 Å². The predicted octanol–water partition coefficient (Wildman–Crippen LogP) is 5.83. The van der Waals surface area contributed by atoms with Crippen LogP contribution in [-0.2, 0) is 65.3 Å². The first-order chi connectivity index (χ1) is 32.5. The smallest absolute Gasteiger partial charge is 0.332 e. The number of ether oxygens (including phenoxy) is 10. The topological polar surface area (TPSA) is 182 Å². The number of nitrogens with one attached hydrogen (secondary N) is 1. The number of nitrogens with zero attached hydrogens (tertiary/aromatic N) is 3. The van der Waals surface area contributed by atoms with Gasteiger partial charge in [-0.3, -0.25) is 13.9 Å². The molecule has 1 aromatic carbocycles. The van der Waals surface area contributed by atoms with Crippen LogP contribution in [0.25, 0.3) is 28.6 Å². The Kier molecular flexibility index (Phi) is 26.5. The third-order valence-corrected chi connectivity index (χ3v) is 11.9. The molecule has 0 bridgehead atoms. The first kappa shape index (κ1) is 53.2. The van der Waals surface area contributed by atoms with Crippen LogP contribution in [0.1, 0.15) is 82.6 Å². The number of hydrogen-bond acceptors (Lipinski definition) is 14. The molecule has 3 aromatic rings. The molecule has 1 N–H and O–H groups in total. The van der Waals surface area contributed by atoms with Crippen molar-refractivity contribution >= 4 is 23.2 Å². The molecule has 0 spiro atoms. The number of fused-ring (bicyclic) bond motifs is 1. The highest BCUT2D eigenvalue weighted by molar-refractivity contribution is 5.87. The molecular weight excluding hydrogens is 853 g/mol. The summed E-state index contributed by atoms with van der Waals surface area (Å²) in [4.78, 5) is 48.2. The summed E-state index contributed by atoms with van der Waals surface area (Å²) in [6.45, 7) is 9.13. The molecule has 0 amide bonds. The Morgan fingerprint density at radius 3 is 1.47 bits per heavy atom. The SMILES string of the molecule is COCCOCCOCCOCCOCCOCCOCCOCCOCCOC(=O)C=Cc1ccc(-c2nc3c([nH]2)c(=O)n(CCC2CCCCC2)c(=O)n3CCC2CCCCC2)cc1. The predicted molar refractivity (Wildman–Crippen MR) is 251 cm³/mol.